The molecule has 0 saturated carbocycles. The number of carbonyl (C=O) groups excluding carboxylic acids is 6. The Labute approximate surface area is 236 Å². The van der Waals surface area contributed by atoms with Gasteiger partial charge in [0.25, 0.3) is 0 Å². The van der Waals surface area contributed by atoms with Crippen LogP contribution in [0.15, 0.2) is 41.6 Å². The molecule has 0 N–H and O–H groups in total. The van der Waals surface area contributed by atoms with Gasteiger partial charge in [-0.2, -0.15) is 5.01 Å². The number of nitrogens with zero attached hydrogens (tertiary/aromatic N) is 2. The summed E-state index contributed by atoms with van der Waals surface area (Å²) in [5.41, 5.74) is -2.82. The van der Waals surface area contributed by atoms with Gasteiger partial charge in [0.2, 0.25) is 0 Å². The zero-order valence-corrected chi connectivity index (χ0v) is 23.5. The van der Waals surface area contributed by atoms with Crippen LogP contribution in [0.5, 0.6) is 0 Å². The molecular weight excluding hydrogens is 544 g/mol. The van der Waals surface area contributed by atoms with Crippen molar-refractivity contribution < 1.29 is 57.2 Å². The number of methoxy groups -OCH3 is 4. The van der Waals surface area contributed by atoms with Gasteiger partial charge >= 0.3 is 29.8 Å². The number of hydrogen-bond donors (Lipinski definition) is 0. The predicted molar refractivity (Wildman–Crippen MR) is 136 cm³/mol. The van der Waals surface area contributed by atoms with Crippen molar-refractivity contribution in [2.75, 3.05) is 35.0 Å². The van der Waals surface area contributed by atoms with Crippen molar-refractivity contribution >= 4 is 35.6 Å². The van der Waals surface area contributed by atoms with Gasteiger partial charge in [0.15, 0.2) is 17.0 Å². The number of rotatable bonds is 11. The third-order valence-corrected chi connectivity index (χ3v) is 6.79. The predicted octanol–water partition coefficient (Wildman–Crippen LogP) is 0.0823. The summed E-state index contributed by atoms with van der Waals surface area (Å²) in [7, 11) is 4.12. The van der Waals surface area contributed by atoms with Crippen molar-refractivity contribution in [2.45, 2.75) is 50.7 Å². The Morgan fingerprint density at radius 3 is 2.12 bits per heavy atom. The first-order valence-electron chi connectivity index (χ1n) is 12.5. The minimum Gasteiger partial charge on any atom is -0.469 e. The Bertz CT molecular complexity index is 1250. The van der Waals surface area contributed by atoms with Gasteiger partial charge in [-0.3, -0.25) is 19.4 Å². The second-order valence-corrected chi connectivity index (χ2v) is 9.20. The van der Waals surface area contributed by atoms with Crippen molar-refractivity contribution in [3.05, 3.63) is 47.2 Å². The highest BCUT2D eigenvalue weighted by Crippen LogP contribution is 2.48. The number of benzene rings is 1. The number of fused-ring (bicyclic) bond motifs is 1. The van der Waals surface area contributed by atoms with E-state index in [1.807, 2.05) is 0 Å². The summed E-state index contributed by atoms with van der Waals surface area (Å²) in [4.78, 5) is 78.4. The quantitative estimate of drug-likeness (QED) is 0.257. The molecule has 2 aliphatic heterocycles. The SMILES string of the molecule is COC(=O)C[C@]1(C(=O)OC)C(C(=O)OC)=C(C(=O)OC)N2CC(=O)[C@@H]([C@@H](OCc3ccccc3)[C@H](C)OC(C)=O)N21. The van der Waals surface area contributed by atoms with Gasteiger partial charge in [-0.25, -0.2) is 14.4 Å². The molecule has 2 aliphatic rings. The Balaban J connectivity index is 2.29. The molecule has 0 bridgehead atoms. The summed E-state index contributed by atoms with van der Waals surface area (Å²) in [5.74, 6) is -5.65. The van der Waals surface area contributed by atoms with Crippen LogP contribution in [-0.4, -0.2) is 104 Å². The second-order valence-electron chi connectivity index (χ2n) is 9.20. The molecule has 14 nitrogen and oxygen atoms in total. The van der Waals surface area contributed by atoms with Crippen LogP contribution in [-0.2, 0) is 63.8 Å². The number of hydrogen-bond acceptors (Lipinski definition) is 14. The lowest BCUT2D eigenvalue weighted by Crippen LogP contribution is -2.64. The van der Waals surface area contributed by atoms with Crippen LogP contribution in [0, 0.1) is 0 Å². The molecular formula is C27H32N2O12. The standard InChI is InChI=1S/C27H32N2O12/c1-15(41-16(2)30)23(40-14-17-10-8-7-9-11-17)21-18(31)13-28-22(25(34)38-5)20(24(33)37-4)27(29(21)28,26(35)39-6)12-19(32)36-3/h7-11,15,21,23H,12-14H2,1-6H3/t15-,21-,23-,27+/m0/s1. The van der Waals surface area contributed by atoms with Crippen LogP contribution in [0.1, 0.15) is 25.8 Å². The lowest BCUT2D eigenvalue weighted by Gasteiger charge is -2.42. The van der Waals surface area contributed by atoms with Gasteiger partial charge in [-0.1, -0.05) is 30.3 Å². The molecule has 1 aromatic rings. The fourth-order valence-corrected chi connectivity index (χ4v) is 5.13. The van der Waals surface area contributed by atoms with Gasteiger partial charge < -0.3 is 28.4 Å². The molecule has 41 heavy (non-hydrogen) atoms. The van der Waals surface area contributed by atoms with Crippen LogP contribution in [0.4, 0.5) is 0 Å². The number of esters is 5. The summed E-state index contributed by atoms with van der Waals surface area (Å²) >= 11 is 0. The summed E-state index contributed by atoms with van der Waals surface area (Å²) in [6, 6.07) is 7.43. The van der Waals surface area contributed by atoms with E-state index in [0.717, 1.165) is 38.5 Å². The van der Waals surface area contributed by atoms with Crippen LogP contribution in [0.2, 0.25) is 0 Å². The first-order valence-corrected chi connectivity index (χ1v) is 12.5. The van der Waals surface area contributed by atoms with E-state index in [4.69, 9.17) is 28.4 Å². The number of hydrazine groups is 1. The van der Waals surface area contributed by atoms with E-state index in [1.165, 1.54) is 13.8 Å². The van der Waals surface area contributed by atoms with E-state index in [2.05, 4.69) is 0 Å². The molecule has 0 unspecified atom stereocenters. The largest absolute Gasteiger partial charge is 0.469 e. The first kappa shape index (κ1) is 31.2. The molecule has 14 heteroatoms. The minimum absolute atomic E-state index is 0.0435. The molecule has 2 heterocycles. The van der Waals surface area contributed by atoms with Gasteiger partial charge in [-0.05, 0) is 12.5 Å². The molecule has 222 valence electrons. The van der Waals surface area contributed by atoms with Gasteiger partial charge in [0.1, 0.15) is 23.8 Å². The highest BCUT2D eigenvalue weighted by atomic mass is 16.6. The summed E-state index contributed by atoms with van der Waals surface area (Å²) in [6.45, 7) is 2.08. The number of ether oxygens (including phenoxy) is 6. The van der Waals surface area contributed by atoms with Gasteiger partial charge in [-0.15, -0.1) is 0 Å². The van der Waals surface area contributed by atoms with E-state index in [1.54, 1.807) is 30.3 Å². The molecule has 0 aromatic heterocycles. The van der Waals surface area contributed by atoms with Gasteiger partial charge in [0.05, 0.1) is 48.0 Å². The van der Waals surface area contributed by atoms with Crippen LogP contribution in [0.3, 0.4) is 0 Å². The molecule has 1 saturated heterocycles. The van der Waals surface area contributed by atoms with Crippen LogP contribution < -0.4 is 0 Å². The average Bonchev–Trinajstić information content (AvgIpc) is 3.43. The third kappa shape index (κ3) is 5.79. The average molecular weight is 577 g/mol. The summed E-state index contributed by atoms with van der Waals surface area (Å²) in [6.07, 6.45) is -3.22. The monoisotopic (exact) mass is 576 g/mol. The topological polar surface area (TPSA) is 164 Å². The lowest BCUT2D eigenvalue weighted by molar-refractivity contribution is -0.182. The Hall–Kier alpha value is -4.30. The number of carbonyl (C=O) groups is 6. The van der Waals surface area contributed by atoms with Crippen molar-refractivity contribution in [3.63, 3.8) is 0 Å². The van der Waals surface area contributed by atoms with Crippen molar-refractivity contribution in [3.8, 4) is 0 Å². The maximum Gasteiger partial charge on any atom is 0.356 e. The van der Waals surface area contributed by atoms with Crippen LogP contribution >= 0.6 is 0 Å². The fourth-order valence-electron chi connectivity index (χ4n) is 5.13. The van der Waals surface area contributed by atoms with Crippen molar-refractivity contribution in [2.24, 2.45) is 0 Å². The highest BCUT2D eigenvalue weighted by molar-refractivity contribution is 6.11. The Kier molecular flexibility index (Phi) is 9.83. The normalized spacial score (nSPS) is 21.6. The zero-order valence-electron chi connectivity index (χ0n) is 23.5. The fraction of sp³-hybridized carbons (Fsp3) is 0.481. The lowest BCUT2D eigenvalue weighted by atomic mass is 9.83. The molecule has 3 rings (SSSR count). The smallest absolute Gasteiger partial charge is 0.356 e. The maximum atomic E-state index is 13.7. The van der Waals surface area contributed by atoms with Crippen molar-refractivity contribution in [1.82, 2.24) is 10.0 Å². The maximum absolute atomic E-state index is 13.7. The van der Waals surface area contributed by atoms with E-state index >= 15 is 0 Å². The Morgan fingerprint density at radius 2 is 1.59 bits per heavy atom. The van der Waals surface area contributed by atoms with E-state index in [9.17, 15) is 28.8 Å². The summed E-state index contributed by atoms with van der Waals surface area (Å²) < 4.78 is 31.2. The van der Waals surface area contributed by atoms with E-state index in [0.29, 0.717) is 5.56 Å². The molecule has 4 atom stereocenters. The van der Waals surface area contributed by atoms with E-state index < -0.39 is 83.7 Å². The molecule has 1 fully saturated rings. The summed E-state index contributed by atoms with van der Waals surface area (Å²) in [5, 5.41) is 2.14. The molecule has 0 amide bonds. The van der Waals surface area contributed by atoms with E-state index in [-0.39, 0.29) is 6.61 Å². The highest BCUT2D eigenvalue weighted by Gasteiger charge is 2.69. The van der Waals surface area contributed by atoms with Gasteiger partial charge in [0, 0.05) is 6.92 Å². The molecule has 0 spiro atoms. The Morgan fingerprint density at radius 1 is 0.951 bits per heavy atom. The third-order valence-electron chi connectivity index (χ3n) is 6.79. The molecule has 1 aromatic carbocycles. The minimum atomic E-state index is -2.43. The first-order chi connectivity index (χ1) is 19.5. The number of Topliss-reactive ketones (excluding diaryl/α,β-unsaturated/α-hetero) is 1. The molecule has 0 radical (unpaired) electrons. The second kappa shape index (κ2) is 12.9. The van der Waals surface area contributed by atoms with Crippen molar-refractivity contribution in [1.29, 1.82) is 0 Å². The number of ketones is 1. The zero-order chi connectivity index (χ0) is 30.5. The molecule has 0 aliphatic carbocycles. The van der Waals surface area contributed by atoms with Crippen LogP contribution in [0.25, 0.3) is 0 Å².